The highest BCUT2D eigenvalue weighted by atomic mass is 15.0. The largest absolute Gasteiger partial charge is 0.311 e. The van der Waals surface area contributed by atoms with E-state index in [4.69, 9.17) is 0 Å². The minimum absolute atomic E-state index is 0.686. The first-order valence-electron chi connectivity index (χ1n) is 5.41. The van der Waals surface area contributed by atoms with E-state index < -0.39 is 0 Å². The maximum atomic E-state index is 3.69. The zero-order chi connectivity index (χ0) is 9.14. The van der Waals surface area contributed by atoms with Gasteiger partial charge in [-0.1, -0.05) is 20.3 Å². The van der Waals surface area contributed by atoms with E-state index in [9.17, 15) is 0 Å². The van der Waals surface area contributed by atoms with Crippen molar-refractivity contribution in [2.24, 2.45) is 11.8 Å². The van der Waals surface area contributed by atoms with E-state index in [1.54, 1.807) is 0 Å². The minimum atomic E-state index is 0.686. The normalized spacial score (nSPS) is 25.0. The molecular formula is C11H23N. The van der Waals surface area contributed by atoms with E-state index in [2.05, 4.69) is 33.0 Å². The van der Waals surface area contributed by atoms with Gasteiger partial charge in [0.05, 0.1) is 0 Å². The zero-order valence-corrected chi connectivity index (χ0v) is 8.93. The zero-order valence-electron chi connectivity index (χ0n) is 8.93. The monoisotopic (exact) mass is 169 g/mol. The summed E-state index contributed by atoms with van der Waals surface area (Å²) in [7, 11) is 0. The molecule has 0 aromatic carbocycles. The summed E-state index contributed by atoms with van der Waals surface area (Å²) in [5.74, 6) is 1.79. The highest BCUT2D eigenvalue weighted by Crippen LogP contribution is 2.32. The quantitative estimate of drug-likeness (QED) is 0.667. The molecule has 3 atom stereocenters. The van der Waals surface area contributed by atoms with Gasteiger partial charge in [0.15, 0.2) is 0 Å². The van der Waals surface area contributed by atoms with Crippen LogP contribution in [0, 0.1) is 11.8 Å². The van der Waals surface area contributed by atoms with Crippen LogP contribution in [0.25, 0.3) is 0 Å². The number of hydrogen-bond donors (Lipinski definition) is 1. The molecule has 0 radical (unpaired) electrons. The molecule has 0 aromatic heterocycles. The van der Waals surface area contributed by atoms with Gasteiger partial charge >= 0.3 is 0 Å². The molecule has 1 N–H and O–H groups in total. The second-order valence-electron chi connectivity index (χ2n) is 4.47. The smallest absolute Gasteiger partial charge is 0.00695 e. The third kappa shape index (κ3) is 2.78. The summed E-state index contributed by atoms with van der Waals surface area (Å²) in [6, 6.07) is 1.43. The van der Waals surface area contributed by atoms with Crippen LogP contribution in [0.2, 0.25) is 0 Å². The van der Waals surface area contributed by atoms with Gasteiger partial charge in [-0.05, 0) is 38.5 Å². The second-order valence-corrected chi connectivity index (χ2v) is 4.47. The van der Waals surface area contributed by atoms with Crippen LogP contribution in [-0.2, 0) is 0 Å². The first-order chi connectivity index (χ1) is 5.65. The van der Waals surface area contributed by atoms with Gasteiger partial charge in [-0.3, -0.25) is 0 Å². The molecule has 0 spiro atoms. The summed E-state index contributed by atoms with van der Waals surface area (Å²) in [6.07, 6.45) is 4.17. The molecule has 0 aliphatic heterocycles. The molecule has 0 saturated heterocycles. The van der Waals surface area contributed by atoms with Crippen molar-refractivity contribution in [2.75, 3.05) is 0 Å². The molecule has 12 heavy (non-hydrogen) atoms. The van der Waals surface area contributed by atoms with Gasteiger partial charge in [-0.25, -0.2) is 0 Å². The topological polar surface area (TPSA) is 12.0 Å². The predicted octanol–water partition coefficient (Wildman–Crippen LogP) is 2.81. The van der Waals surface area contributed by atoms with E-state index in [0.717, 1.165) is 17.9 Å². The molecule has 0 heterocycles. The molecule has 3 unspecified atom stereocenters. The van der Waals surface area contributed by atoms with Gasteiger partial charge in [-0.2, -0.15) is 0 Å². The van der Waals surface area contributed by atoms with Crippen molar-refractivity contribution < 1.29 is 0 Å². The van der Waals surface area contributed by atoms with Crippen LogP contribution in [0.1, 0.15) is 47.0 Å². The Hall–Kier alpha value is -0.0400. The fraction of sp³-hybridized carbons (Fsp3) is 1.00. The number of hydrogen-bond acceptors (Lipinski definition) is 1. The van der Waals surface area contributed by atoms with Crippen LogP contribution < -0.4 is 5.32 Å². The molecule has 72 valence electrons. The van der Waals surface area contributed by atoms with Crippen molar-refractivity contribution in [2.45, 2.75) is 59.0 Å². The Morgan fingerprint density at radius 3 is 2.25 bits per heavy atom. The van der Waals surface area contributed by atoms with Crippen LogP contribution >= 0.6 is 0 Å². The third-order valence-corrected chi connectivity index (χ3v) is 3.35. The Kier molecular flexibility index (Phi) is 3.57. The predicted molar refractivity (Wildman–Crippen MR) is 54.2 cm³/mol. The highest BCUT2D eigenvalue weighted by molar-refractivity contribution is 4.85. The SMILES string of the molecule is CCC(C)C(C)NC(C)C1CC1. The van der Waals surface area contributed by atoms with Crippen molar-refractivity contribution in [1.29, 1.82) is 0 Å². The second kappa shape index (κ2) is 4.27. The van der Waals surface area contributed by atoms with E-state index >= 15 is 0 Å². The van der Waals surface area contributed by atoms with Gasteiger partial charge in [0.25, 0.3) is 0 Å². The molecule has 0 amide bonds. The summed E-state index contributed by atoms with van der Waals surface area (Å²) < 4.78 is 0. The molecule has 1 aliphatic rings. The Morgan fingerprint density at radius 1 is 1.25 bits per heavy atom. The van der Waals surface area contributed by atoms with Gasteiger partial charge in [0.1, 0.15) is 0 Å². The summed E-state index contributed by atoms with van der Waals surface area (Å²) in [5.41, 5.74) is 0. The molecule has 0 aromatic rings. The molecular weight excluding hydrogens is 146 g/mol. The molecule has 0 bridgehead atoms. The average Bonchev–Trinajstić information content (AvgIpc) is 2.84. The highest BCUT2D eigenvalue weighted by Gasteiger charge is 2.28. The van der Waals surface area contributed by atoms with Crippen LogP contribution in [0.5, 0.6) is 0 Å². The maximum absolute atomic E-state index is 3.69. The lowest BCUT2D eigenvalue weighted by molar-refractivity contribution is 0.341. The fourth-order valence-corrected chi connectivity index (χ4v) is 1.66. The van der Waals surface area contributed by atoms with Crippen LogP contribution in [0.4, 0.5) is 0 Å². The molecule has 1 heteroatoms. The standard InChI is InChI=1S/C11H23N/c1-5-8(2)9(3)12-10(4)11-6-7-11/h8-12H,5-7H2,1-4H3. The van der Waals surface area contributed by atoms with E-state index in [1.165, 1.54) is 19.3 Å². The number of nitrogens with one attached hydrogen (secondary N) is 1. The average molecular weight is 169 g/mol. The van der Waals surface area contributed by atoms with Crippen LogP contribution in [-0.4, -0.2) is 12.1 Å². The van der Waals surface area contributed by atoms with Crippen LogP contribution in [0.3, 0.4) is 0 Å². The summed E-state index contributed by atoms with van der Waals surface area (Å²) in [4.78, 5) is 0. The van der Waals surface area contributed by atoms with Crippen molar-refractivity contribution in [3.8, 4) is 0 Å². The first kappa shape index (κ1) is 10.0. The maximum Gasteiger partial charge on any atom is 0.00695 e. The van der Waals surface area contributed by atoms with Crippen molar-refractivity contribution >= 4 is 0 Å². The van der Waals surface area contributed by atoms with Gasteiger partial charge in [0.2, 0.25) is 0 Å². The molecule has 1 nitrogen and oxygen atoms in total. The van der Waals surface area contributed by atoms with E-state index in [0.29, 0.717) is 6.04 Å². The lowest BCUT2D eigenvalue weighted by atomic mass is 9.99. The third-order valence-electron chi connectivity index (χ3n) is 3.35. The minimum Gasteiger partial charge on any atom is -0.311 e. The van der Waals surface area contributed by atoms with Crippen molar-refractivity contribution in [1.82, 2.24) is 5.32 Å². The van der Waals surface area contributed by atoms with Gasteiger partial charge in [-0.15, -0.1) is 0 Å². The lowest BCUT2D eigenvalue weighted by Crippen LogP contribution is -2.39. The Morgan fingerprint density at radius 2 is 1.83 bits per heavy atom. The Balaban J connectivity index is 2.19. The molecule has 1 aliphatic carbocycles. The van der Waals surface area contributed by atoms with Gasteiger partial charge < -0.3 is 5.32 Å². The first-order valence-corrected chi connectivity index (χ1v) is 5.41. The molecule has 1 saturated carbocycles. The summed E-state index contributed by atoms with van der Waals surface area (Å²) in [5, 5.41) is 3.69. The lowest BCUT2D eigenvalue weighted by Gasteiger charge is -2.24. The van der Waals surface area contributed by atoms with Gasteiger partial charge in [0, 0.05) is 12.1 Å². The Bertz CT molecular complexity index is 129. The summed E-state index contributed by atoms with van der Waals surface area (Å²) >= 11 is 0. The van der Waals surface area contributed by atoms with E-state index in [1.807, 2.05) is 0 Å². The van der Waals surface area contributed by atoms with Crippen molar-refractivity contribution in [3.63, 3.8) is 0 Å². The number of rotatable bonds is 5. The van der Waals surface area contributed by atoms with E-state index in [-0.39, 0.29) is 0 Å². The summed E-state index contributed by atoms with van der Waals surface area (Å²) in [6.45, 7) is 9.24. The molecule has 1 fully saturated rings. The fourth-order valence-electron chi connectivity index (χ4n) is 1.66. The van der Waals surface area contributed by atoms with Crippen LogP contribution in [0.15, 0.2) is 0 Å². The Labute approximate surface area is 76.9 Å². The van der Waals surface area contributed by atoms with Crippen molar-refractivity contribution in [3.05, 3.63) is 0 Å². The molecule has 1 rings (SSSR count).